The molecule has 1 saturated carbocycles. The fraction of sp³-hybridized carbons (Fsp3) is 0.667. The third kappa shape index (κ3) is 6.85. The average molecular weight is 258 g/mol. The molecule has 0 unspecified atom stereocenters. The fourth-order valence-corrected chi connectivity index (χ4v) is 2.19. The van der Waals surface area contributed by atoms with Crippen molar-refractivity contribution in [1.82, 2.24) is 0 Å². The van der Waals surface area contributed by atoms with Crippen molar-refractivity contribution in [3.8, 4) is 0 Å². The summed E-state index contributed by atoms with van der Waals surface area (Å²) in [5.74, 6) is 1.68. The Hall–Kier alpha value is -0.715. The lowest BCUT2D eigenvalue weighted by molar-refractivity contribution is 0.835. The SMILES string of the molecule is CC.CC1CC1.[B]c1cc(C)c(C(C)C)c(CC)c1. The highest BCUT2D eigenvalue weighted by atomic mass is 14.2. The first-order valence-electron chi connectivity index (χ1n) is 7.84. The van der Waals surface area contributed by atoms with E-state index in [4.69, 9.17) is 7.85 Å². The topological polar surface area (TPSA) is 0 Å². The van der Waals surface area contributed by atoms with Crippen LogP contribution in [0, 0.1) is 12.8 Å². The summed E-state index contributed by atoms with van der Waals surface area (Å²) in [6.45, 7) is 15.1. The minimum atomic E-state index is 0.593. The smallest absolute Gasteiger partial charge is 0.0961 e. The molecule has 1 heteroatoms. The Bertz CT molecular complexity index is 362. The van der Waals surface area contributed by atoms with E-state index in [0.717, 1.165) is 17.8 Å². The Morgan fingerprint density at radius 3 is 2.00 bits per heavy atom. The molecule has 0 aliphatic heterocycles. The maximum atomic E-state index is 5.80. The highest BCUT2D eigenvalue weighted by Gasteiger charge is 2.12. The Morgan fingerprint density at radius 2 is 1.68 bits per heavy atom. The van der Waals surface area contributed by atoms with E-state index in [1.807, 2.05) is 13.8 Å². The van der Waals surface area contributed by atoms with Crippen LogP contribution >= 0.6 is 0 Å². The molecule has 0 bridgehead atoms. The van der Waals surface area contributed by atoms with E-state index < -0.39 is 0 Å². The predicted octanol–water partition coefficient (Wildman–Crippen LogP) is 4.92. The second-order valence-electron chi connectivity index (χ2n) is 5.60. The van der Waals surface area contributed by atoms with E-state index in [-0.39, 0.29) is 0 Å². The van der Waals surface area contributed by atoms with E-state index >= 15 is 0 Å². The first kappa shape index (κ1) is 18.3. The van der Waals surface area contributed by atoms with Crippen LogP contribution in [0.25, 0.3) is 0 Å². The predicted molar refractivity (Wildman–Crippen MR) is 89.8 cm³/mol. The molecule has 0 saturated heterocycles. The van der Waals surface area contributed by atoms with Crippen molar-refractivity contribution in [3.63, 3.8) is 0 Å². The van der Waals surface area contributed by atoms with Gasteiger partial charge in [0.15, 0.2) is 0 Å². The molecule has 0 amide bonds. The molecule has 0 N–H and O–H groups in total. The molecule has 19 heavy (non-hydrogen) atoms. The third-order valence-corrected chi connectivity index (χ3v) is 3.32. The zero-order valence-corrected chi connectivity index (χ0v) is 14.0. The van der Waals surface area contributed by atoms with Gasteiger partial charge in [-0.1, -0.05) is 72.0 Å². The molecule has 0 spiro atoms. The molecule has 2 radical (unpaired) electrons. The minimum absolute atomic E-state index is 0.593. The molecule has 0 heterocycles. The van der Waals surface area contributed by atoms with Crippen LogP contribution in [0.15, 0.2) is 12.1 Å². The zero-order valence-electron chi connectivity index (χ0n) is 14.0. The molecule has 0 nitrogen and oxygen atoms in total. The molecule has 0 aromatic heterocycles. The van der Waals surface area contributed by atoms with Crippen molar-refractivity contribution in [3.05, 3.63) is 28.8 Å². The average Bonchev–Trinajstić information content (AvgIpc) is 3.13. The van der Waals surface area contributed by atoms with Crippen molar-refractivity contribution in [2.45, 2.75) is 73.6 Å². The Labute approximate surface area is 122 Å². The number of aryl methyl sites for hydroxylation is 2. The Kier molecular flexibility index (Phi) is 8.88. The van der Waals surface area contributed by atoms with E-state index in [9.17, 15) is 0 Å². The van der Waals surface area contributed by atoms with Gasteiger partial charge in [0.1, 0.15) is 7.85 Å². The number of rotatable bonds is 2. The molecule has 2 rings (SSSR count). The van der Waals surface area contributed by atoms with Gasteiger partial charge in [0.25, 0.3) is 0 Å². The maximum Gasteiger partial charge on any atom is 0.113 e. The van der Waals surface area contributed by atoms with Crippen LogP contribution < -0.4 is 5.46 Å². The van der Waals surface area contributed by atoms with Crippen LogP contribution in [0.4, 0.5) is 0 Å². The monoisotopic (exact) mass is 258 g/mol. The van der Waals surface area contributed by atoms with E-state index in [1.54, 1.807) is 0 Å². The van der Waals surface area contributed by atoms with Gasteiger partial charge in [0, 0.05) is 0 Å². The lowest BCUT2D eigenvalue weighted by Gasteiger charge is -2.16. The standard InChI is InChI=1S/C12H17B.C4H8.C2H6/c1-5-10-7-11(13)6-9(4)12(10)8(2)3;1-4-2-3-4;1-2/h6-8H,5H2,1-4H3;4H,2-3H2,1H3;1-2H3. The van der Waals surface area contributed by atoms with Crippen LogP contribution in [0.1, 0.15) is 77.0 Å². The maximum absolute atomic E-state index is 5.80. The van der Waals surface area contributed by atoms with Gasteiger partial charge in [-0.05, 0) is 41.9 Å². The molecular formula is C18H31B. The number of hydrogen-bond acceptors (Lipinski definition) is 0. The highest BCUT2D eigenvalue weighted by Crippen LogP contribution is 2.26. The van der Waals surface area contributed by atoms with Gasteiger partial charge in [-0.15, -0.1) is 0 Å². The largest absolute Gasteiger partial charge is 0.113 e. The summed E-state index contributed by atoms with van der Waals surface area (Å²) < 4.78 is 0. The van der Waals surface area contributed by atoms with Gasteiger partial charge in [0.2, 0.25) is 0 Å². The van der Waals surface area contributed by atoms with Gasteiger partial charge in [-0.25, -0.2) is 0 Å². The Morgan fingerprint density at radius 1 is 1.21 bits per heavy atom. The molecule has 1 aromatic rings. The van der Waals surface area contributed by atoms with Gasteiger partial charge in [-0.3, -0.25) is 0 Å². The first-order valence-corrected chi connectivity index (χ1v) is 7.84. The summed E-state index contributed by atoms with van der Waals surface area (Å²) in [5, 5.41) is 0. The lowest BCUT2D eigenvalue weighted by atomic mass is 9.84. The molecule has 1 aromatic carbocycles. The fourth-order valence-electron chi connectivity index (χ4n) is 2.19. The molecular weight excluding hydrogens is 227 g/mol. The van der Waals surface area contributed by atoms with E-state index in [2.05, 4.69) is 46.8 Å². The second-order valence-corrected chi connectivity index (χ2v) is 5.60. The van der Waals surface area contributed by atoms with Gasteiger partial charge in [0.05, 0.1) is 0 Å². The third-order valence-electron chi connectivity index (χ3n) is 3.32. The summed E-state index contributed by atoms with van der Waals surface area (Å²) in [7, 11) is 5.80. The molecule has 1 aliphatic rings. The van der Waals surface area contributed by atoms with E-state index in [0.29, 0.717) is 5.92 Å². The van der Waals surface area contributed by atoms with Gasteiger partial charge in [-0.2, -0.15) is 0 Å². The summed E-state index contributed by atoms with van der Waals surface area (Å²) in [4.78, 5) is 0. The normalized spacial score (nSPS) is 13.3. The van der Waals surface area contributed by atoms with Gasteiger partial charge < -0.3 is 0 Å². The van der Waals surface area contributed by atoms with Crippen LogP contribution in [0.5, 0.6) is 0 Å². The quantitative estimate of drug-likeness (QED) is 0.661. The molecule has 1 fully saturated rings. The van der Waals surface area contributed by atoms with Crippen LogP contribution in [0.2, 0.25) is 0 Å². The minimum Gasteiger partial charge on any atom is -0.0961 e. The Balaban J connectivity index is 0.000000449. The van der Waals surface area contributed by atoms with Crippen molar-refractivity contribution < 1.29 is 0 Å². The zero-order chi connectivity index (χ0) is 15.0. The summed E-state index contributed by atoms with van der Waals surface area (Å²) >= 11 is 0. The van der Waals surface area contributed by atoms with Gasteiger partial charge >= 0.3 is 0 Å². The number of hydrogen-bond donors (Lipinski definition) is 0. The van der Waals surface area contributed by atoms with Crippen LogP contribution in [0.3, 0.4) is 0 Å². The molecule has 0 atom stereocenters. The van der Waals surface area contributed by atoms with Crippen molar-refractivity contribution in [1.29, 1.82) is 0 Å². The number of benzene rings is 1. The van der Waals surface area contributed by atoms with Crippen LogP contribution in [-0.4, -0.2) is 7.85 Å². The summed E-state index contributed by atoms with van der Waals surface area (Å²) in [6, 6.07) is 4.16. The van der Waals surface area contributed by atoms with E-state index in [1.165, 1.54) is 29.5 Å². The van der Waals surface area contributed by atoms with Crippen LogP contribution in [-0.2, 0) is 6.42 Å². The highest BCUT2D eigenvalue weighted by molar-refractivity contribution is 6.32. The van der Waals surface area contributed by atoms with Crippen molar-refractivity contribution in [2.24, 2.45) is 5.92 Å². The van der Waals surface area contributed by atoms with Crippen molar-refractivity contribution in [2.75, 3.05) is 0 Å². The first-order chi connectivity index (χ1) is 8.95. The van der Waals surface area contributed by atoms with Crippen molar-refractivity contribution >= 4 is 13.3 Å². The lowest BCUT2D eigenvalue weighted by Crippen LogP contribution is -2.09. The summed E-state index contributed by atoms with van der Waals surface area (Å²) in [5.41, 5.74) is 5.08. The second kappa shape index (κ2) is 9.23. The summed E-state index contributed by atoms with van der Waals surface area (Å²) in [6.07, 6.45) is 4.04. The molecule has 106 valence electrons. The molecule has 1 aliphatic carbocycles.